The lowest BCUT2D eigenvalue weighted by Crippen LogP contribution is -2.25. The van der Waals surface area contributed by atoms with Gasteiger partial charge in [-0.2, -0.15) is 0 Å². The second-order valence-electron chi connectivity index (χ2n) is 2.65. The van der Waals surface area contributed by atoms with Crippen molar-refractivity contribution in [1.82, 2.24) is 0 Å². The Hall–Kier alpha value is -0.370. The van der Waals surface area contributed by atoms with E-state index >= 15 is 0 Å². The van der Waals surface area contributed by atoms with E-state index in [9.17, 15) is 0 Å². The topological polar surface area (TPSA) is 38.4 Å². The average Bonchev–Trinajstić information content (AvgIpc) is 1.63. The van der Waals surface area contributed by atoms with Crippen LogP contribution in [0, 0.1) is 0 Å². The van der Waals surface area contributed by atoms with Crippen molar-refractivity contribution in [2.45, 2.75) is 39.8 Å². The predicted octanol–water partition coefficient (Wildman–Crippen LogP) is 1.20. The fraction of sp³-hybridized carbons (Fsp3) is 0.857. The molecule has 0 heterocycles. The van der Waals surface area contributed by atoms with Gasteiger partial charge < -0.3 is 5.73 Å². The zero-order chi connectivity index (χ0) is 7.44. The van der Waals surface area contributed by atoms with Crippen molar-refractivity contribution < 1.29 is 0 Å². The fourth-order valence-corrected chi connectivity index (χ4v) is 0.525. The minimum Gasteiger partial charge on any atom is -0.323 e. The molecule has 2 nitrogen and oxygen atoms in total. The van der Waals surface area contributed by atoms with Crippen LogP contribution in [0.2, 0.25) is 0 Å². The SMILES string of the molecule is CC(=NC(C)C)C(C)N. The number of nitrogens with two attached hydrogens (primary N) is 1. The van der Waals surface area contributed by atoms with Gasteiger partial charge in [0.15, 0.2) is 0 Å². The number of rotatable bonds is 2. The lowest BCUT2D eigenvalue weighted by atomic mass is 10.2. The second-order valence-corrected chi connectivity index (χ2v) is 2.65. The molecule has 54 valence electrons. The van der Waals surface area contributed by atoms with E-state index < -0.39 is 0 Å². The molecular weight excluding hydrogens is 112 g/mol. The lowest BCUT2D eigenvalue weighted by Gasteiger charge is -2.05. The van der Waals surface area contributed by atoms with Crippen molar-refractivity contribution in [3.63, 3.8) is 0 Å². The molecule has 0 aliphatic rings. The molecule has 0 aliphatic heterocycles. The minimum atomic E-state index is 0.104. The third-order valence-corrected chi connectivity index (χ3v) is 1.12. The van der Waals surface area contributed by atoms with E-state index in [-0.39, 0.29) is 6.04 Å². The highest BCUT2D eigenvalue weighted by molar-refractivity contribution is 5.86. The highest BCUT2D eigenvalue weighted by Gasteiger charge is 1.97. The van der Waals surface area contributed by atoms with Gasteiger partial charge in [0.25, 0.3) is 0 Å². The summed E-state index contributed by atoms with van der Waals surface area (Å²) in [6.07, 6.45) is 0. The maximum Gasteiger partial charge on any atom is 0.0443 e. The molecule has 0 spiro atoms. The highest BCUT2D eigenvalue weighted by atomic mass is 14.8. The predicted molar refractivity (Wildman–Crippen MR) is 41.9 cm³/mol. The van der Waals surface area contributed by atoms with Crippen LogP contribution >= 0.6 is 0 Å². The van der Waals surface area contributed by atoms with Crippen LogP contribution in [-0.2, 0) is 0 Å². The van der Waals surface area contributed by atoms with E-state index in [1.165, 1.54) is 0 Å². The molecule has 9 heavy (non-hydrogen) atoms. The molecule has 0 saturated heterocycles. The summed E-state index contributed by atoms with van der Waals surface area (Å²) >= 11 is 0. The molecule has 0 aromatic rings. The van der Waals surface area contributed by atoms with Crippen molar-refractivity contribution in [2.75, 3.05) is 0 Å². The molecule has 0 aromatic carbocycles. The molecule has 2 heteroatoms. The van der Waals surface area contributed by atoms with Crippen LogP contribution in [0.3, 0.4) is 0 Å². The Labute approximate surface area is 57.2 Å². The molecule has 0 rings (SSSR count). The van der Waals surface area contributed by atoms with Gasteiger partial charge in [0.1, 0.15) is 0 Å². The smallest absolute Gasteiger partial charge is 0.0443 e. The monoisotopic (exact) mass is 128 g/mol. The third-order valence-electron chi connectivity index (χ3n) is 1.12. The summed E-state index contributed by atoms with van der Waals surface area (Å²) in [5, 5.41) is 0. The summed E-state index contributed by atoms with van der Waals surface area (Å²) in [6.45, 7) is 8.00. The van der Waals surface area contributed by atoms with Crippen LogP contribution in [0.15, 0.2) is 4.99 Å². The Morgan fingerprint density at radius 1 is 1.33 bits per heavy atom. The van der Waals surface area contributed by atoms with Gasteiger partial charge in [-0.05, 0) is 27.7 Å². The van der Waals surface area contributed by atoms with Gasteiger partial charge in [-0.1, -0.05) is 0 Å². The van der Waals surface area contributed by atoms with Crippen molar-refractivity contribution >= 4 is 5.71 Å². The van der Waals surface area contributed by atoms with Crippen LogP contribution in [-0.4, -0.2) is 17.8 Å². The van der Waals surface area contributed by atoms with Crippen LogP contribution in [0.1, 0.15) is 27.7 Å². The summed E-state index contributed by atoms with van der Waals surface area (Å²) in [6, 6.07) is 0.475. The average molecular weight is 128 g/mol. The lowest BCUT2D eigenvalue weighted by molar-refractivity contribution is 0.816. The molecule has 1 atom stereocenters. The maximum atomic E-state index is 5.55. The zero-order valence-electron chi connectivity index (χ0n) is 6.68. The quantitative estimate of drug-likeness (QED) is 0.558. The number of hydrogen-bond acceptors (Lipinski definition) is 2. The van der Waals surface area contributed by atoms with Gasteiger partial charge in [0, 0.05) is 17.8 Å². The zero-order valence-corrected chi connectivity index (χ0v) is 6.68. The first kappa shape index (κ1) is 8.63. The van der Waals surface area contributed by atoms with Gasteiger partial charge in [-0.15, -0.1) is 0 Å². The number of hydrogen-bond donors (Lipinski definition) is 1. The first-order valence-electron chi connectivity index (χ1n) is 3.34. The Balaban J connectivity index is 3.84. The number of aliphatic imine (C=N–C) groups is 1. The maximum absolute atomic E-state index is 5.55. The standard InChI is InChI=1S/C7H16N2/c1-5(2)9-7(4)6(3)8/h5-6H,8H2,1-4H3. The van der Waals surface area contributed by atoms with Crippen molar-refractivity contribution in [2.24, 2.45) is 10.7 Å². The Bertz CT molecular complexity index is 103. The fourth-order valence-electron chi connectivity index (χ4n) is 0.525. The molecule has 0 saturated carbocycles. The molecule has 1 unspecified atom stereocenters. The van der Waals surface area contributed by atoms with Crippen molar-refractivity contribution in [1.29, 1.82) is 0 Å². The van der Waals surface area contributed by atoms with E-state index in [1.54, 1.807) is 0 Å². The Morgan fingerprint density at radius 2 is 1.78 bits per heavy atom. The molecule has 0 bridgehead atoms. The molecule has 0 aliphatic carbocycles. The van der Waals surface area contributed by atoms with E-state index in [1.807, 2.05) is 27.7 Å². The third kappa shape index (κ3) is 4.15. The summed E-state index contributed by atoms with van der Waals surface area (Å²) in [4.78, 5) is 4.27. The largest absolute Gasteiger partial charge is 0.323 e. The van der Waals surface area contributed by atoms with Crippen LogP contribution in [0.4, 0.5) is 0 Å². The molecular formula is C7H16N2. The molecule has 2 N–H and O–H groups in total. The molecule has 0 aromatic heterocycles. The highest BCUT2D eigenvalue weighted by Crippen LogP contribution is 1.90. The summed E-state index contributed by atoms with van der Waals surface area (Å²) in [7, 11) is 0. The van der Waals surface area contributed by atoms with Gasteiger partial charge in [0.05, 0.1) is 0 Å². The Kier molecular flexibility index (Phi) is 3.47. The van der Waals surface area contributed by atoms with Gasteiger partial charge in [0.2, 0.25) is 0 Å². The number of nitrogens with zero attached hydrogens (tertiary/aromatic N) is 1. The van der Waals surface area contributed by atoms with E-state index in [0.29, 0.717) is 6.04 Å². The van der Waals surface area contributed by atoms with E-state index in [0.717, 1.165) is 5.71 Å². The molecule has 0 fully saturated rings. The normalized spacial score (nSPS) is 16.4. The summed E-state index contributed by atoms with van der Waals surface area (Å²) < 4.78 is 0. The molecule has 0 radical (unpaired) electrons. The Morgan fingerprint density at radius 3 is 1.89 bits per heavy atom. The summed E-state index contributed by atoms with van der Waals surface area (Å²) in [5.74, 6) is 0. The summed E-state index contributed by atoms with van der Waals surface area (Å²) in [5.41, 5.74) is 6.59. The first-order valence-corrected chi connectivity index (χ1v) is 3.34. The minimum absolute atomic E-state index is 0.104. The second kappa shape index (κ2) is 3.62. The van der Waals surface area contributed by atoms with Gasteiger partial charge in [-0.3, -0.25) is 4.99 Å². The first-order chi connectivity index (χ1) is 4.04. The van der Waals surface area contributed by atoms with Crippen molar-refractivity contribution in [3.8, 4) is 0 Å². The van der Waals surface area contributed by atoms with Gasteiger partial charge >= 0.3 is 0 Å². The van der Waals surface area contributed by atoms with E-state index in [2.05, 4.69) is 4.99 Å². The van der Waals surface area contributed by atoms with Crippen LogP contribution < -0.4 is 5.73 Å². The van der Waals surface area contributed by atoms with Crippen LogP contribution in [0.25, 0.3) is 0 Å². The van der Waals surface area contributed by atoms with Crippen molar-refractivity contribution in [3.05, 3.63) is 0 Å². The van der Waals surface area contributed by atoms with Crippen LogP contribution in [0.5, 0.6) is 0 Å². The molecule has 0 amide bonds. The van der Waals surface area contributed by atoms with Gasteiger partial charge in [-0.25, -0.2) is 0 Å². The van der Waals surface area contributed by atoms with E-state index in [4.69, 9.17) is 5.73 Å².